The molecule has 1 fully saturated rings. The number of piperazine rings is 1. The third-order valence-electron chi connectivity index (χ3n) is 6.14. The predicted octanol–water partition coefficient (Wildman–Crippen LogP) is 3.42. The lowest BCUT2D eigenvalue weighted by Crippen LogP contribution is -2.49. The maximum absolute atomic E-state index is 14.6. The molecule has 1 aliphatic heterocycles. The van der Waals surface area contributed by atoms with E-state index in [1.807, 2.05) is 24.4 Å². The van der Waals surface area contributed by atoms with Crippen molar-refractivity contribution in [1.29, 1.82) is 0 Å². The molecule has 0 atom stereocenters. The molecule has 0 spiro atoms. The molecule has 0 radical (unpaired) electrons. The van der Waals surface area contributed by atoms with Gasteiger partial charge in [0, 0.05) is 62.9 Å². The van der Waals surface area contributed by atoms with Gasteiger partial charge in [-0.3, -0.25) is 19.7 Å². The number of thiophene rings is 1. The van der Waals surface area contributed by atoms with Crippen LogP contribution in [0.15, 0.2) is 54.9 Å². The Hall–Kier alpha value is -4.13. The topological polar surface area (TPSA) is 134 Å². The summed E-state index contributed by atoms with van der Waals surface area (Å²) in [7, 11) is 0. The summed E-state index contributed by atoms with van der Waals surface area (Å²) in [5, 5.41) is 11.4. The number of aromatic nitrogens is 2. The summed E-state index contributed by atoms with van der Waals surface area (Å²) in [6.45, 7) is 2.95. The Morgan fingerprint density at radius 1 is 1.08 bits per heavy atom. The number of halogens is 1. The van der Waals surface area contributed by atoms with Crippen LogP contribution in [0.1, 0.15) is 5.56 Å². The molecule has 196 valence electrons. The monoisotopic (exact) mass is 536 g/mol. The minimum atomic E-state index is -0.781. The second-order valence-electron chi connectivity index (χ2n) is 8.74. The molecule has 0 aliphatic carbocycles. The van der Waals surface area contributed by atoms with Gasteiger partial charge in [-0.1, -0.05) is 6.07 Å². The summed E-state index contributed by atoms with van der Waals surface area (Å²) in [6.07, 6.45) is 3.44. The van der Waals surface area contributed by atoms with Gasteiger partial charge in [-0.15, -0.1) is 11.3 Å². The highest BCUT2D eigenvalue weighted by Gasteiger charge is 2.20. The van der Waals surface area contributed by atoms with Gasteiger partial charge in [0.15, 0.2) is 11.6 Å². The number of urea groups is 1. The summed E-state index contributed by atoms with van der Waals surface area (Å²) < 4.78 is 21.2. The van der Waals surface area contributed by atoms with Crippen LogP contribution in [-0.2, 0) is 11.3 Å². The third kappa shape index (κ3) is 5.72. The van der Waals surface area contributed by atoms with Crippen LogP contribution in [-0.4, -0.2) is 69.6 Å². The van der Waals surface area contributed by atoms with E-state index in [4.69, 9.17) is 15.6 Å². The SMILES string of the molecule is NC(=O)Nc1ccc(Oc2ccnc3cc(-c4ccc(CN5CCN(C(=O)CO)CC5)cn4)sc23)c(F)c1. The van der Waals surface area contributed by atoms with E-state index in [1.54, 1.807) is 17.2 Å². The summed E-state index contributed by atoms with van der Waals surface area (Å²) in [5.74, 6) is -0.415. The minimum Gasteiger partial charge on any atom is -0.453 e. The first kappa shape index (κ1) is 25.5. The van der Waals surface area contributed by atoms with Crippen LogP contribution < -0.4 is 15.8 Å². The zero-order valence-electron chi connectivity index (χ0n) is 20.3. The number of rotatable bonds is 7. The number of primary amides is 1. The van der Waals surface area contributed by atoms with Crippen LogP contribution in [0, 0.1) is 5.82 Å². The van der Waals surface area contributed by atoms with Crippen LogP contribution in [0.3, 0.4) is 0 Å². The Balaban J connectivity index is 1.28. The minimum absolute atomic E-state index is 0.00603. The number of aliphatic hydroxyl groups excluding tert-OH is 1. The molecule has 4 heterocycles. The second kappa shape index (κ2) is 11.1. The number of nitrogens with one attached hydrogen (secondary N) is 1. The van der Waals surface area contributed by atoms with Gasteiger partial charge < -0.3 is 25.8 Å². The number of carbonyl (C=O) groups excluding carboxylic acids is 2. The second-order valence-corrected chi connectivity index (χ2v) is 9.79. The summed E-state index contributed by atoms with van der Waals surface area (Å²) in [4.78, 5) is 36.5. The van der Waals surface area contributed by atoms with Gasteiger partial charge in [0.2, 0.25) is 5.91 Å². The fourth-order valence-electron chi connectivity index (χ4n) is 4.22. The Morgan fingerprint density at radius 2 is 1.89 bits per heavy atom. The number of hydrogen-bond acceptors (Lipinski definition) is 8. The first-order valence-electron chi connectivity index (χ1n) is 11.9. The maximum Gasteiger partial charge on any atom is 0.316 e. The predicted molar refractivity (Wildman–Crippen MR) is 141 cm³/mol. The van der Waals surface area contributed by atoms with Gasteiger partial charge >= 0.3 is 6.03 Å². The zero-order valence-corrected chi connectivity index (χ0v) is 21.1. The maximum atomic E-state index is 14.6. The molecule has 0 unspecified atom stereocenters. The first-order valence-corrected chi connectivity index (χ1v) is 12.7. The van der Waals surface area contributed by atoms with E-state index in [9.17, 15) is 14.0 Å². The average Bonchev–Trinajstić information content (AvgIpc) is 3.36. The smallest absolute Gasteiger partial charge is 0.316 e. The van der Waals surface area contributed by atoms with E-state index in [2.05, 4.69) is 20.2 Å². The molecular formula is C26H25FN6O4S. The highest BCUT2D eigenvalue weighted by Crippen LogP contribution is 2.39. The number of pyridine rings is 2. The average molecular weight is 537 g/mol. The number of aliphatic hydroxyl groups is 1. The summed E-state index contributed by atoms with van der Waals surface area (Å²) in [5.41, 5.74) is 7.86. The normalized spacial score (nSPS) is 14.0. The number of benzene rings is 1. The van der Waals surface area contributed by atoms with E-state index >= 15 is 0 Å². The molecule has 0 saturated carbocycles. The number of hydrogen-bond donors (Lipinski definition) is 3. The number of nitrogens with zero attached hydrogens (tertiary/aromatic N) is 4. The van der Waals surface area contributed by atoms with Gasteiger partial charge in [-0.2, -0.15) is 0 Å². The summed E-state index contributed by atoms with van der Waals surface area (Å²) >= 11 is 1.45. The molecule has 3 aromatic heterocycles. The van der Waals surface area contributed by atoms with Crippen molar-refractivity contribution < 1.29 is 23.8 Å². The van der Waals surface area contributed by atoms with Crippen LogP contribution >= 0.6 is 11.3 Å². The van der Waals surface area contributed by atoms with Crippen LogP contribution in [0.5, 0.6) is 11.5 Å². The van der Waals surface area contributed by atoms with Gasteiger partial charge in [0.05, 0.1) is 20.8 Å². The van der Waals surface area contributed by atoms with Crippen molar-refractivity contribution in [1.82, 2.24) is 19.8 Å². The molecule has 38 heavy (non-hydrogen) atoms. The molecule has 1 saturated heterocycles. The fraction of sp³-hybridized carbons (Fsp3) is 0.231. The van der Waals surface area contributed by atoms with Crippen molar-refractivity contribution in [3.05, 3.63) is 66.2 Å². The van der Waals surface area contributed by atoms with Gasteiger partial charge in [0.1, 0.15) is 12.4 Å². The van der Waals surface area contributed by atoms with Crippen molar-refractivity contribution in [3.8, 4) is 22.1 Å². The Labute approximate surface area is 221 Å². The molecular weight excluding hydrogens is 511 g/mol. The molecule has 4 aromatic rings. The standard InChI is InChI=1S/C26H25FN6O4S/c27-18-11-17(31-26(28)36)2-4-21(18)37-22-5-6-29-20-12-23(38-25(20)22)19-3-1-16(13-30-19)14-32-7-9-33(10-8-32)24(35)15-34/h1-6,11-13,34H,7-10,14-15H2,(H3,28,31,36). The Morgan fingerprint density at radius 3 is 2.58 bits per heavy atom. The molecule has 3 amide bonds. The van der Waals surface area contributed by atoms with Crippen molar-refractivity contribution in [2.24, 2.45) is 5.73 Å². The number of amides is 3. The van der Waals surface area contributed by atoms with E-state index in [0.29, 0.717) is 24.4 Å². The zero-order chi connectivity index (χ0) is 26.6. The number of anilines is 1. The van der Waals surface area contributed by atoms with E-state index in [1.165, 1.54) is 23.5 Å². The highest BCUT2D eigenvalue weighted by molar-refractivity contribution is 7.22. The number of carbonyl (C=O) groups is 2. The largest absolute Gasteiger partial charge is 0.453 e. The molecule has 5 rings (SSSR count). The lowest BCUT2D eigenvalue weighted by Gasteiger charge is -2.34. The van der Waals surface area contributed by atoms with E-state index < -0.39 is 18.5 Å². The third-order valence-corrected chi connectivity index (χ3v) is 7.30. The number of nitrogens with two attached hydrogens (primary N) is 1. The van der Waals surface area contributed by atoms with Gasteiger partial charge in [-0.25, -0.2) is 9.18 Å². The number of ether oxygens (including phenoxy) is 1. The summed E-state index contributed by atoms with van der Waals surface area (Å²) in [6, 6.07) is 10.9. The lowest BCUT2D eigenvalue weighted by atomic mass is 10.2. The van der Waals surface area contributed by atoms with E-state index in [0.717, 1.165) is 46.5 Å². The van der Waals surface area contributed by atoms with Crippen molar-refractivity contribution in [3.63, 3.8) is 0 Å². The van der Waals surface area contributed by atoms with Gasteiger partial charge in [-0.05, 0) is 29.8 Å². The Kier molecular flexibility index (Phi) is 7.45. The molecule has 1 aliphatic rings. The molecule has 10 nitrogen and oxygen atoms in total. The molecule has 1 aromatic carbocycles. The van der Waals surface area contributed by atoms with Crippen molar-refractivity contribution in [2.45, 2.75) is 6.54 Å². The van der Waals surface area contributed by atoms with E-state index in [-0.39, 0.29) is 17.3 Å². The number of fused-ring (bicyclic) bond motifs is 1. The Bertz CT molecular complexity index is 1470. The molecule has 4 N–H and O–H groups in total. The van der Waals surface area contributed by atoms with Gasteiger partial charge in [0.25, 0.3) is 0 Å². The van der Waals surface area contributed by atoms with Crippen molar-refractivity contribution >= 4 is 39.2 Å². The van der Waals surface area contributed by atoms with Crippen LogP contribution in [0.25, 0.3) is 20.8 Å². The molecule has 0 bridgehead atoms. The quantitative estimate of drug-likeness (QED) is 0.330. The van der Waals surface area contributed by atoms with Crippen LogP contribution in [0.4, 0.5) is 14.9 Å². The molecule has 12 heteroatoms. The highest BCUT2D eigenvalue weighted by atomic mass is 32.1. The van der Waals surface area contributed by atoms with Crippen LogP contribution in [0.2, 0.25) is 0 Å². The fourth-order valence-corrected chi connectivity index (χ4v) is 5.26. The van der Waals surface area contributed by atoms with Crippen molar-refractivity contribution in [2.75, 3.05) is 38.1 Å². The lowest BCUT2D eigenvalue weighted by molar-refractivity contribution is -0.136. The first-order chi connectivity index (χ1) is 18.4.